The van der Waals surface area contributed by atoms with Gasteiger partial charge in [-0.2, -0.15) is 0 Å². The van der Waals surface area contributed by atoms with Gasteiger partial charge in [0, 0.05) is 46.9 Å². The van der Waals surface area contributed by atoms with Crippen molar-refractivity contribution in [2.75, 3.05) is 25.6 Å². The molecule has 1 fully saturated rings. The molecule has 1 spiro atoms. The number of piperidine rings is 1. The number of β-amino-alcohol motifs (C(OH)–C–C–N with tert-alkyl or cyclic N) is 1. The maximum atomic E-state index is 13.8. The second-order valence-electron chi connectivity index (χ2n) is 11.1. The third-order valence-corrected chi connectivity index (χ3v) is 11.1. The van der Waals surface area contributed by atoms with Gasteiger partial charge in [-0.15, -0.1) is 0 Å². The van der Waals surface area contributed by atoms with Crippen molar-refractivity contribution in [1.82, 2.24) is 4.90 Å². The number of benzene rings is 2. The first-order valence-electron chi connectivity index (χ1n) is 12.7. The largest absolute Gasteiger partial charge is 0.395 e. The minimum absolute atomic E-state index is 0.119. The molecular formula is C29H38BrClN2O4Si. The molecule has 2 aliphatic heterocycles. The van der Waals surface area contributed by atoms with Crippen molar-refractivity contribution in [3.8, 4) is 0 Å². The first-order chi connectivity index (χ1) is 17.8. The second-order valence-corrected chi connectivity index (χ2v) is 18.0. The molecule has 206 valence electrons. The lowest BCUT2D eigenvalue weighted by Crippen LogP contribution is -2.64. The second kappa shape index (κ2) is 12.0. The molecule has 0 saturated carbocycles. The van der Waals surface area contributed by atoms with Gasteiger partial charge in [-0.05, 0) is 49.2 Å². The van der Waals surface area contributed by atoms with Crippen LogP contribution in [0.2, 0.25) is 24.7 Å². The number of fused-ring (bicyclic) bond motifs is 2. The molecule has 2 amide bonds. The minimum atomic E-state index is -1.07. The Bertz CT molecular complexity index is 1220. The molecule has 6 nitrogen and oxygen atoms in total. The van der Waals surface area contributed by atoms with E-state index in [0.717, 1.165) is 15.6 Å². The molecule has 4 unspecified atom stereocenters. The van der Waals surface area contributed by atoms with Crippen LogP contribution in [0.5, 0.6) is 0 Å². The Morgan fingerprint density at radius 3 is 2.50 bits per heavy atom. The van der Waals surface area contributed by atoms with E-state index in [-0.39, 0.29) is 31.4 Å². The number of anilines is 1. The van der Waals surface area contributed by atoms with Crippen LogP contribution in [0.4, 0.5) is 5.69 Å². The number of methoxy groups -OCH3 is 1. The number of carbonyl (C=O) groups is 2. The van der Waals surface area contributed by atoms with Crippen LogP contribution in [0, 0.1) is 0 Å². The molecule has 2 N–H and O–H groups in total. The molecular weight excluding hydrogens is 584 g/mol. The fourth-order valence-electron chi connectivity index (χ4n) is 5.45. The number of rotatable bonds is 6. The van der Waals surface area contributed by atoms with Crippen molar-refractivity contribution in [1.29, 1.82) is 0 Å². The molecule has 9 heteroatoms. The highest BCUT2D eigenvalue weighted by Crippen LogP contribution is 2.56. The van der Waals surface area contributed by atoms with Gasteiger partial charge in [0.25, 0.3) is 0 Å². The lowest BCUT2D eigenvalue weighted by atomic mass is 9.58. The van der Waals surface area contributed by atoms with E-state index >= 15 is 0 Å². The summed E-state index contributed by atoms with van der Waals surface area (Å²) in [5, 5.41) is 13.2. The molecule has 2 aromatic rings. The average Bonchev–Trinajstić information content (AvgIpc) is 3.11. The maximum absolute atomic E-state index is 13.8. The molecule has 1 saturated heterocycles. The number of nitrogens with zero attached hydrogens (tertiary/aromatic N) is 1. The van der Waals surface area contributed by atoms with Gasteiger partial charge in [0.05, 0.1) is 20.7 Å². The van der Waals surface area contributed by atoms with E-state index in [1.807, 2.05) is 43.3 Å². The Hall–Kier alpha value is -1.97. The number of aliphatic hydroxyl groups excluding tert-OH is 1. The Morgan fingerprint density at radius 2 is 1.97 bits per heavy atom. The molecule has 2 aliphatic rings. The van der Waals surface area contributed by atoms with Gasteiger partial charge in [0.1, 0.15) is 5.41 Å². The monoisotopic (exact) mass is 620 g/mol. The Kier molecular flexibility index (Phi) is 9.69. The molecule has 0 radical (unpaired) electrons. The van der Waals surface area contributed by atoms with Crippen molar-refractivity contribution in [2.45, 2.75) is 63.0 Å². The number of halogens is 2. The molecule has 0 aliphatic carbocycles. The zero-order chi connectivity index (χ0) is 28.4. The van der Waals surface area contributed by atoms with Crippen molar-refractivity contribution < 1.29 is 19.4 Å². The van der Waals surface area contributed by atoms with E-state index in [1.165, 1.54) is 0 Å². The molecule has 4 rings (SSSR count). The third kappa shape index (κ3) is 5.80. The van der Waals surface area contributed by atoms with Crippen LogP contribution in [-0.2, 0) is 19.7 Å². The minimum Gasteiger partial charge on any atom is -0.395 e. The van der Waals surface area contributed by atoms with Crippen molar-refractivity contribution in [2.24, 2.45) is 0 Å². The zero-order valence-corrected chi connectivity index (χ0v) is 26.3. The summed E-state index contributed by atoms with van der Waals surface area (Å²) in [5.41, 5.74) is 2.47. The maximum Gasteiger partial charge on any atom is 0.238 e. The molecule has 0 aromatic heterocycles. The average molecular weight is 622 g/mol. The zero-order valence-electron chi connectivity index (χ0n) is 23.0. The number of hydrogen-bond donors (Lipinski definition) is 2. The van der Waals surface area contributed by atoms with E-state index in [2.05, 4.69) is 54.4 Å². The molecule has 4 atom stereocenters. The lowest BCUT2D eigenvalue weighted by Gasteiger charge is -2.51. The normalized spacial score (nSPS) is 23.4. The summed E-state index contributed by atoms with van der Waals surface area (Å²) in [4.78, 5) is 28.5. The van der Waals surface area contributed by atoms with Crippen LogP contribution < -0.4 is 5.32 Å². The Balaban J connectivity index is 0.000000436. The summed E-state index contributed by atoms with van der Waals surface area (Å²) < 4.78 is 6.03. The third-order valence-electron chi connectivity index (χ3n) is 7.67. The van der Waals surface area contributed by atoms with Crippen molar-refractivity contribution in [3.05, 3.63) is 75.2 Å². The number of nitrogens with one attached hydrogen (secondary N) is 1. The van der Waals surface area contributed by atoms with Gasteiger partial charge in [-0.25, -0.2) is 0 Å². The van der Waals surface area contributed by atoms with Crippen LogP contribution in [0.25, 0.3) is 0 Å². The summed E-state index contributed by atoms with van der Waals surface area (Å²) in [7, 11) is 0.798. The van der Waals surface area contributed by atoms with E-state index in [9.17, 15) is 14.7 Å². The summed E-state index contributed by atoms with van der Waals surface area (Å²) >= 11 is 9.75. The standard InChI is InChI=1S/C23H22BrClN2O3.C6H16OSi/c1-13(2)21-23(17-7-6-15(24)11-19(17)26-22(23)30)18(12-20(29)27(21)8-9-28)14-4-3-5-16(25)10-14;1-6(7-2)8(3,4)5/h3-7,10-11,18,21,28H,1,8-9,12H2,2H3,(H,26,30);6H,1-5H3. The predicted octanol–water partition coefficient (Wildman–Crippen LogP) is 6.14. The van der Waals surface area contributed by atoms with Gasteiger partial charge in [-0.3, -0.25) is 9.59 Å². The van der Waals surface area contributed by atoms with Gasteiger partial charge < -0.3 is 20.1 Å². The summed E-state index contributed by atoms with van der Waals surface area (Å²) in [6.45, 7) is 15.0. The molecule has 2 heterocycles. The predicted molar refractivity (Wildman–Crippen MR) is 160 cm³/mol. The number of likely N-dealkylation sites (tertiary alicyclic amines) is 1. The van der Waals surface area contributed by atoms with Crippen LogP contribution in [-0.4, -0.2) is 61.9 Å². The smallest absolute Gasteiger partial charge is 0.238 e. The van der Waals surface area contributed by atoms with E-state index < -0.39 is 25.4 Å². The molecule has 38 heavy (non-hydrogen) atoms. The highest BCUT2D eigenvalue weighted by Gasteiger charge is 2.63. The Morgan fingerprint density at radius 1 is 1.29 bits per heavy atom. The van der Waals surface area contributed by atoms with Gasteiger partial charge in [0.2, 0.25) is 11.8 Å². The van der Waals surface area contributed by atoms with E-state index in [1.54, 1.807) is 18.1 Å². The van der Waals surface area contributed by atoms with E-state index in [0.29, 0.717) is 22.0 Å². The molecule has 0 bridgehead atoms. The fraction of sp³-hybridized carbons (Fsp3) is 0.448. The summed E-state index contributed by atoms with van der Waals surface area (Å²) in [6.07, 6.45) is 0.132. The number of hydrogen-bond acceptors (Lipinski definition) is 4. The van der Waals surface area contributed by atoms with E-state index in [4.69, 9.17) is 16.3 Å². The first-order valence-corrected chi connectivity index (χ1v) is 17.5. The highest BCUT2D eigenvalue weighted by atomic mass is 79.9. The topological polar surface area (TPSA) is 78.9 Å². The number of amides is 2. The van der Waals surface area contributed by atoms with Crippen LogP contribution in [0.15, 0.2) is 59.1 Å². The first kappa shape index (κ1) is 30.6. The Labute approximate surface area is 240 Å². The van der Waals surface area contributed by atoms with Gasteiger partial charge >= 0.3 is 0 Å². The van der Waals surface area contributed by atoms with Gasteiger partial charge in [-0.1, -0.05) is 77.5 Å². The van der Waals surface area contributed by atoms with Crippen LogP contribution in [0.3, 0.4) is 0 Å². The van der Waals surface area contributed by atoms with Crippen LogP contribution >= 0.6 is 27.5 Å². The van der Waals surface area contributed by atoms with Gasteiger partial charge in [0.15, 0.2) is 0 Å². The fourth-order valence-corrected chi connectivity index (χ4v) is 6.72. The lowest BCUT2D eigenvalue weighted by molar-refractivity contribution is -0.144. The van der Waals surface area contributed by atoms with Crippen molar-refractivity contribution >= 4 is 53.1 Å². The quantitative estimate of drug-likeness (QED) is 0.300. The number of aliphatic hydroxyl groups is 1. The van der Waals surface area contributed by atoms with Crippen molar-refractivity contribution in [3.63, 3.8) is 0 Å². The van der Waals surface area contributed by atoms with Crippen LogP contribution in [0.1, 0.15) is 37.3 Å². The molecule has 2 aromatic carbocycles. The number of ether oxygens (including phenoxy) is 1. The SMILES string of the molecule is C=C(C)C1N(CCO)C(=O)CC(c2cccc(Cl)c2)C12C(=O)Nc1cc(Br)ccc12.COC(C)[Si](C)(C)C. The highest BCUT2D eigenvalue weighted by molar-refractivity contribution is 9.10. The summed E-state index contributed by atoms with van der Waals surface area (Å²) in [6, 6.07) is 12.4. The number of carbonyl (C=O) groups excluding carboxylic acids is 2. The summed E-state index contributed by atoms with van der Waals surface area (Å²) in [5.74, 6) is -0.724.